The van der Waals surface area contributed by atoms with Crippen molar-refractivity contribution in [2.75, 3.05) is 13.1 Å². The van der Waals surface area contributed by atoms with E-state index in [0.29, 0.717) is 12.6 Å². The molecule has 2 amide bonds. The van der Waals surface area contributed by atoms with Gasteiger partial charge in [0.15, 0.2) is 0 Å². The number of aryl methyl sites for hydroxylation is 1. The molecule has 2 aromatic rings. The lowest BCUT2D eigenvalue weighted by Gasteiger charge is -2.24. The second-order valence-electron chi connectivity index (χ2n) is 6.77. The maximum Gasteiger partial charge on any atom is 0.317 e. The first-order chi connectivity index (χ1) is 11.2. The zero-order valence-corrected chi connectivity index (χ0v) is 13.7. The predicted molar refractivity (Wildman–Crippen MR) is 90.3 cm³/mol. The molecule has 2 heterocycles. The van der Waals surface area contributed by atoms with Crippen molar-refractivity contribution < 1.29 is 4.79 Å². The van der Waals surface area contributed by atoms with Crippen LogP contribution in [0.1, 0.15) is 31.5 Å². The number of benzene rings is 1. The van der Waals surface area contributed by atoms with Gasteiger partial charge in [-0.05, 0) is 44.2 Å². The Morgan fingerprint density at radius 2 is 2.17 bits per heavy atom. The van der Waals surface area contributed by atoms with E-state index in [9.17, 15) is 4.79 Å². The standard InChI is InChI=1S/C18H24N4O/c1-13-20-15-6-2-3-7-17(15)21(13)12-10-19-18(23)22-11-9-14-5-4-8-16(14)22/h2-3,6-7,14,16H,4-5,8-12H2,1H3,(H,19,23)/t14-,16-/m0/s1. The molecule has 1 saturated heterocycles. The van der Waals surface area contributed by atoms with Crippen LogP contribution < -0.4 is 5.32 Å². The van der Waals surface area contributed by atoms with Gasteiger partial charge in [-0.2, -0.15) is 0 Å². The Morgan fingerprint density at radius 1 is 1.30 bits per heavy atom. The first-order valence-corrected chi connectivity index (χ1v) is 8.70. The normalized spacial score (nSPS) is 23.4. The number of nitrogens with zero attached hydrogens (tertiary/aromatic N) is 3. The summed E-state index contributed by atoms with van der Waals surface area (Å²) in [5, 5.41) is 3.11. The van der Waals surface area contributed by atoms with E-state index in [1.165, 1.54) is 25.7 Å². The predicted octanol–water partition coefficient (Wildman–Crippen LogP) is 2.93. The molecule has 5 nitrogen and oxygen atoms in total. The smallest absolute Gasteiger partial charge is 0.317 e. The van der Waals surface area contributed by atoms with Gasteiger partial charge in [-0.1, -0.05) is 18.6 Å². The second-order valence-corrected chi connectivity index (χ2v) is 6.77. The Kier molecular flexibility index (Phi) is 3.71. The van der Waals surface area contributed by atoms with E-state index in [0.717, 1.165) is 35.9 Å². The van der Waals surface area contributed by atoms with Gasteiger partial charge in [-0.15, -0.1) is 0 Å². The largest absolute Gasteiger partial charge is 0.336 e. The van der Waals surface area contributed by atoms with Crippen molar-refractivity contribution in [3.05, 3.63) is 30.1 Å². The minimum Gasteiger partial charge on any atom is -0.336 e. The summed E-state index contributed by atoms with van der Waals surface area (Å²) in [6.07, 6.45) is 4.95. The van der Waals surface area contributed by atoms with Crippen LogP contribution in [0.25, 0.3) is 11.0 Å². The second kappa shape index (κ2) is 5.87. The third kappa shape index (κ3) is 2.58. The number of amides is 2. The summed E-state index contributed by atoms with van der Waals surface area (Å²) in [4.78, 5) is 19.1. The van der Waals surface area contributed by atoms with E-state index < -0.39 is 0 Å². The van der Waals surface area contributed by atoms with Gasteiger partial charge < -0.3 is 14.8 Å². The first kappa shape index (κ1) is 14.5. The van der Waals surface area contributed by atoms with Gasteiger partial charge in [0.05, 0.1) is 11.0 Å². The number of carbonyl (C=O) groups excluding carboxylic acids is 1. The fourth-order valence-corrected chi connectivity index (χ4v) is 4.34. The Balaban J connectivity index is 1.38. The molecule has 0 radical (unpaired) electrons. The highest BCUT2D eigenvalue weighted by Crippen LogP contribution is 2.37. The Labute approximate surface area is 136 Å². The summed E-state index contributed by atoms with van der Waals surface area (Å²) < 4.78 is 2.18. The van der Waals surface area contributed by atoms with Crippen LogP contribution in [0.2, 0.25) is 0 Å². The van der Waals surface area contributed by atoms with Crippen molar-refractivity contribution in [1.82, 2.24) is 19.8 Å². The number of hydrogen-bond acceptors (Lipinski definition) is 2. The highest BCUT2D eigenvalue weighted by atomic mass is 16.2. The molecule has 0 bridgehead atoms. The zero-order chi connectivity index (χ0) is 15.8. The molecular weight excluding hydrogens is 288 g/mol. The molecule has 1 N–H and O–H groups in total. The number of urea groups is 1. The first-order valence-electron chi connectivity index (χ1n) is 8.70. The molecule has 122 valence electrons. The summed E-state index contributed by atoms with van der Waals surface area (Å²) in [5.41, 5.74) is 2.15. The van der Waals surface area contributed by atoms with E-state index >= 15 is 0 Å². The van der Waals surface area contributed by atoms with Crippen LogP contribution in [0.5, 0.6) is 0 Å². The molecule has 2 fully saturated rings. The van der Waals surface area contributed by atoms with E-state index in [2.05, 4.69) is 25.8 Å². The Bertz CT molecular complexity index is 723. The van der Waals surface area contributed by atoms with E-state index in [1.54, 1.807) is 0 Å². The Hall–Kier alpha value is -2.04. The third-order valence-electron chi connectivity index (χ3n) is 5.48. The van der Waals surface area contributed by atoms with E-state index in [1.807, 2.05) is 25.1 Å². The summed E-state index contributed by atoms with van der Waals surface area (Å²) in [6.45, 7) is 4.35. The lowest BCUT2D eigenvalue weighted by atomic mass is 10.1. The van der Waals surface area contributed by atoms with Crippen LogP contribution in [-0.2, 0) is 6.54 Å². The molecule has 0 unspecified atom stereocenters. The zero-order valence-electron chi connectivity index (χ0n) is 13.7. The van der Waals surface area contributed by atoms with Crippen molar-refractivity contribution in [1.29, 1.82) is 0 Å². The van der Waals surface area contributed by atoms with Crippen LogP contribution in [-0.4, -0.2) is 39.6 Å². The number of para-hydroxylation sites is 2. The number of rotatable bonds is 3. The fraction of sp³-hybridized carbons (Fsp3) is 0.556. The summed E-state index contributed by atoms with van der Waals surface area (Å²) in [5.74, 6) is 1.75. The van der Waals surface area contributed by atoms with Gasteiger partial charge in [0.1, 0.15) is 5.82 Å². The van der Waals surface area contributed by atoms with Gasteiger partial charge in [0, 0.05) is 25.7 Å². The molecule has 2 aliphatic rings. The maximum absolute atomic E-state index is 12.5. The lowest BCUT2D eigenvalue weighted by Crippen LogP contribution is -2.44. The monoisotopic (exact) mass is 312 g/mol. The summed E-state index contributed by atoms with van der Waals surface area (Å²) in [6, 6.07) is 8.75. The number of fused-ring (bicyclic) bond motifs is 2. The van der Waals surface area contributed by atoms with Gasteiger partial charge in [0.2, 0.25) is 0 Å². The molecule has 1 aliphatic heterocycles. The van der Waals surface area contributed by atoms with Crippen molar-refractivity contribution in [2.45, 2.75) is 45.2 Å². The number of aromatic nitrogens is 2. The van der Waals surface area contributed by atoms with Crippen LogP contribution in [0, 0.1) is 12.8 Å². The van der Waals surface area contributed by atoms with Crippen molar-refractivity contribution in [3.63, 3.8) is 0 Å². The lowest BCUT2D eigenvalue weighted by molar-refractivity contribution is 0.189. The quantitative estimate of drug-likeness (QED) is 0.947. The average Bonchev–Trinajstić information content (AvgIpc) is 3.21. The highest BCUT2D eigenvalue weighted by Gasteiger charge is 2.39. The minimum atomic E-state index is 0.112. The van der Waals surface area contributed by atoms with Crippen LogP contribution in [0.3, 0.4) is 0 Å². The van der Waals surface area contributed by atoms with Gasteiger partial charge in [0.25, 0.3) is 0 Å². The van der Waals surface area contributed by atoms with Crippen molar-refractivity contribution >= 4 is 17.1 Å². The maximum atomic E-state index is 12.5. The number of hydrogen-bond donors (Lipinski definition) is 1. The van der Waals surface area contributed by atoms with Gasteiger partial charge in [-0.25, -0.2) is 9.78 Å². The minimum absolute atomic E-state index is 0.112. The van der Waals surface area contributed by atoms with Gasteiger partial charge in [-0.3, -0.25) is 0 Å². The number of imidazole rings is 1. The molecule has 0 spiro atoms. The summed E-state index contributed by atoms with van der Waals surface area (Å²) >= 11 is 0. The number of nitrogens with one attached hydrogen (secondary N) is 1. The average molecular weight is 312 g/mol. The number of carbonyl (C=O) groups is 1. The molecule has 23 heavy (non-hydrogen) atoms. The molecule has 4 rings (SSSR count). The molecule has 1 aromatic carbocycles. The van der Waals surface area contributed by atoms with Crippen molar-refractivity contribution in [2.24, 2.45) is 5.92 Å². The van der Waals surface area contributed by atoms with Crippen molar-refractivity contribution in [3.8, 4) is 0 Å². The van der Waals surface area contributed by atoms with Crippen LogP contribution >= 0.6 is 0 Å². The third-order valence-corrected chi connectivity index (χ3v) is 5.48. The molecule has 1 saturated carbocycles. The molecule has 1 aromatic heterocycles. The molecule has 2 atom stereocenters. The van der Waals surface area contributed by atoms with E-state index in [-0.39, 0.29) is 6.03 Å². The summed E-state index contributed by atoms with van der Waals surface area (Å²) in [7, 11) is 0. The molecular formula is C18H24N4O. The Morgan fingerprint density at radius 3 is 3.09 bits per heavy atom. The fourth-order valence-electron chi connectivity index (χ4n) is 4.34. The SMILES string of the molecule is Cc1nc2ccccc2n1CCNC(=O)N1CC[C@@H]2CCC[C@@H]21. The molecule has 5 heteroatoms. The van der Waals surface area contributed by atoms with Crippen LogP contribution in [0.4, 0.5) is 4.79 Å². The topological polar surface area (TPSA) is 50.2 Å². The van der Waals surface area contributed by atoms with Gasteiger partial charge >= 0.3 is 6.03 Å². The van der Waals surface area contributed by atoms with E-state index in [4.69, 9.17) is 0 Å². The molecule has 1 aliphatic carbocycles. The highest BCUT2D eigenvalue weighted by molar-refractivity contribution is 5.76. The number of likely N-dealkylation sites (tertiary alicyclic amines) is 1. The van der Waals surface area contributed by atoms with Crippen LogP contribution in [0.15, 0.2) is 24.3 Å².